The van der Waals surface area contributed by atoms with Crippen LogP contribution in [-0.4, -0.2) is 19.8 Å². The van der Waals surface area contributed by atoms with Crippen molar-refractivity contribution in [3.8, 4) is 11.5 Å². The van der Waals surface area contributed by atoms with Crippen molar-refractivity contribution in [1.29, 1.82) is 0 Å². The molecule has 0 aliphatic rings. The second kappa shape index (κ2) is 6.96. The minimum Gasteiger partial charge on any atom is -0.490 e. The third-order valence-corrected chi connectivity index (χ3v) is 2.22. The van der Waals surface area contributed by atoms with Crippen LogP contribution in [0, 0.1) is 0 Å². The third kappa shape index (κ3) is 4.33. The first-order chi connectivity index (χ1) is 8.56. The molecule has 1 aromatic carbocycles. The van der Waals surface area contributed by atoms with Gasteiger partial charge in [-0.1, -0.05) is 17.7 Å². The molecular weight excluding hydrogens is 240 g/mol. The third-order valence-electron chi connectivity index (χ3n) is 2.22. The lowest BCUT2D eigenvalue weighted by atomic mass is 10.1. The Balaban J connectivity index is 3.02. The number of hydrogen-bond donors (Lipinski definition) is 1. The Morgan fingerprint density at radius 3 is 2.67 bits per heavy atom. The van der Waals surface area contributed by atoms with Crippen molar-refractivity contribution in [3.63, 3.8) is 0 Å². The van der Waals surface area contributed by atoms with Gasteiger partial charge in [-0.3, -0.25) is 0 Å². The van der Waals surface area contributed by atoms with Gasteiger partial charge >= 0.3 is 6.61 Å². The minimum atomic E-state index is -2.86. The van der Waals surface area contributed by atoms with Crippen molar-refractivity contribution >= 4 is 6.08 Å². The number of ether oxygens (including phenoxy) is 2. The van der Waals surface area contributed by atoms with E-state index in [2.05, 4.69) is 4.74 Å². The van der Waals surface area contributed by atoms with E-state index in [0.717, 1.165) is 11.1 Å². The van der Waals surface area contributed by atoms with E-state index in [0.29, 0.717) is 18.9 Å². The topological polar surface area (TPSA) is 44.5 Å². The summed E-state index contributed by atoms with van der Waals surface area (Å²) in [5.74, 6) is 0.339. The molecule has 2 N–H and O–H groups in total. The summed E-state index contributed by atoms with van der Waals surface area (Å²) >= 11 is 0. The summed E-state index contributed by atoms with van der Waals surface area (Å²) in [6.07, 6.45) is 1.87. The van der Waals surface area contributed by atoms with Gasteiger partial charge in [0.05, 0.1) is 6.61 Å². The number of benzene rings is 1. The summed E-state index contributed by atoms with van der Waals surface area (Å²) in [6, 6.07) is 4.80. The largest absolute Gasteiger partial charge is 0.490 e. The van der Waals surface area contributed by atoms with Gasteiger partial charge in [-0.2, -0.15) is 8.78 Å². The van der Waals surface area contributed by atoms with Gasteiger partial charge < -0.3 is 15.2 Å². The SMILES string of the molecule is CCOc1cc(C=C(C)CN)ccc1OC(F)F. The maximum Gasteiger partial charge on any atom is 0.387 e. The number of alkyl halides is 2. The molecule has 0 aromatic heterocycles. The molecule has 0 heterocycles. The average Bonchev–Trinajstić information content (AvgIpc) is 2.32. The van der Waals surface area contributed by atoms with Crippen LogP contribution in [0.15, 0.2) is 23.8 Å². The Bertz CT molecular complexity index is 419. The number of rotatable bonds is 6. The van der Waals surface area contributed by atoms with Crippen molar-refractivity contribution in [3.05, 3.63) is 29.3 Å². The van der Waals surface area contributed by atoms with Crippen LogP contribution in [0.4, 0.5) is 8.78 Å². The number of hydrogen-bond acceptors (Lipinski definition) is 3. The fraction of sp³-hybridized carbons (Fsp3) is 0.385. The zero-order valence-corrected chi connectivity index (χ0v) is 10.5. The lowest BCUT2D eigenvalue weighted by Crippen LogP contribution is -2.04. The molecule has 0 amide bonds. The molecule has 0 bridgehead atoms. The molecule has 1 rings (SSSR count). The summed E-state index contributed by atoms with van der Waals surface area (Å²) < 4.78 is 34.1. The smallest absolute Gasteiger partial charge is 0.387 e. The molecule has 100 valence electrons. The van der Waals surface area contributed by atoms with Crippen LogP contribution in [0.2, 0.25) is 0 Å². The van der Waals surface area contributed by atoms with E-state index < -0.39 is 6.61 Å². The van der Waals surface area contributed by atoms with Crippen LogP contribution in [-0.2, 0) is 0 Å². The second-order valence-electron chi connectivity index (χ2n) is 3.71. The average molecular weight is 257 g/mol. The summed E-state index contributed by atoms with van der Waals surface area (Å²) in [5, 5.41) is 0. The molecule has 0 saturated heterocycles. The van der Waals surface area contributed by atoms with Gasteiger partial charge in [0.25, 0.3) is 0 Å². The van der Waals surface area contributed by atoms with Gasteiger partial charge in [0, 0.05) is 6.54 Å². The fourth-order valence-electron chi connectivity index (χ4n) is 1.42. The number of nitrogens with two attached hydrogens (primary N) is 1. The first-order valence-corrected chi connectivity index (χ1v) is 5.65. The highest BCUT2D eigenvalue weighted by atomic mass is 19.3. The molecule has 18 heavy (non-hydrogen) atoms. The van der Waals surface area contributed by atoms with Crippen LogP contribution in [0.25, 0.3) is 6.08 Å². The van der Waals surface area contributed by atoms with Crippen molar-refractivity contribution in [1.82, 2.24) is 0 Å². The molecule has 1 aromatic rings. The second-order valence-corrected chi connectivity index (χ2v) is 3.71. The lowest BCUT2D eigenvalue weighted by molar-refractivity contribution is -0.0514. The minimum absolute atomic E-state index is 0.0365. The Morgan fingerprint density at radius 2 is 2.11 bits per heavy atom. The predicted octanol–water partition coefficient (Wildman–Crippen LogP) is 3.05. The zero-order chi connectivity index (χ0) is 13.5. The first-order valence-electron chi connectivity index (χ1n) is 5.65. The zero-order valence-electron chi connectivity index (χ0n) is 10.5. The highest BCUT2D eigenvalue weighted by molar-refractivity contribution is 5.58. The lowest BCUT2D eigenvalue weighted by Gasteiger charge is -2.12. The van der Waals surface area contributed by atoms with E-state index in [4.69, 9.17) is 10.5 Å². The molecule has 0 fully saturated rings. The first kappa shape index (κ1) is 14.4. The van der Waals surface area contributed by atoms with Gasteiger partial charge in [0.2, 0.25) is 0 Å². The van der Waals surface area contributed by atoms with Crippen LogP contribution in [0.3, 0.4) is 0 Å². The van der Waals surface area contributed by atoms with E-state index in [1.54, 1.807) is 19.1 Å². The van der Waals surface area contributed by atoms with Gasteiger partial charge in [-0.15, -0.1) is 0 Å². The standard InChI is InChI=1S/C13H17F2NO2/c1-3-17-12-7-10(6-9(2)8-16)4-5-11(12)18-13(14)15/h4-7,13H,3,8,16H2,1-2H3. The molecule has 0 radical (unpaired) electrons. The van der Waals surface area contributed by atoms with Crippen molar-refractivity contribution in [2.24, 2.45) is 5.73 Å². The molecule has 0 spiro atoms. The molecule has 5 heteroatoms. The van der Waals surface area contributed by atoms with Crippen LogP contribution in [0.5, 0.6) is 11.5 Å². The quantitative estimate of drug-likeness (QED) is 0.851. The summed E-state index contributed by atoms with van der Waals surface area (Å²) in [5.41, 5.74) is 7.31. The molecule has 0 aliphatic heterocycles. The Hall–Kier alpha value is -1.62. The van der Waals surface area contributed by atoms with Crippen LogP contribution in [0.1, 0.15) is 19.4 Å². The summed E-state index contributed by atoms with van der Waals surface area (Å²) in [7, 11) is 0. The Morgan fingerprint density at radius 1 is 1.39 bits per heavy atom. The highest BCUT2D eigenvalue weighted by Crippen LogP contribution is 2.30. The maximum atomic E-state index is 12.2. The molecule has 0 saturated carbocycles. The van der Waals surface area contributed by atoms with Crippen molar-refractivity contribution < 1.29 is 18.3 Å². The summed E-state index contributed by atoms with van der Waals surface area (Å²) in [6.45, 7) is 1.63. The van der Waals surface area contributed by atoms with E-state index in [1.807, 2.05) is 13.0 Å². The monoisotopic (exact) mass is 257 g/mol. The van der Waals surface area contributed by atoms with Gasteiger partial charge in [-0.25, -0.2) is 0 Å². The van der Waals surface area contributed by atoms with Crippen LogP contribution < -0.4 is 15.2 Å². The maximum absolute atomic E-state index is 12.2. The van der Waals surface area contributed by atoms with Gasteiger partial charge in [-0.05, 0) is 31.5 Å². The van der Waals surface area contributed by atoms with Gasteiger partial charge in [0.15, 0.2) is 11.5 Å². The van der Waals surface area contributed by atoms with E-state index in [1.165, 1.54) is 6.07 Å². The van der Waals surface area contributed by atoms with E-state index in [9.17, 15) is 8.78 Å². The molecule has 0 unspecified atom stereocenters. The molecular formula is C13H17F2NO2. The Labute approximate surface area is 105 Å². The fourth-order valence-corrected chi connectivity index (χ4v) is 1.42. The number of halogens is 2. The normalized spacial score (nSPS) is 11.8. The van der Waals surface area contributed by atoms with E-state index >= 15 is 0 Å². The predicted molar refractivity (Wildman–Crippen MR) is 66.9 cm³/mol. The summed E-state index contributed by atoms with van der Waals surface area (Å²) in [4.78, 5) is 0. The van der Waals surface area contributed by atoms with Crippen LogP contribution >= 0.6 is 0 Å². The van der Waals surface area contributed by atoms with Crippen molar-refractivity contribution in [2.45, 2.75) is 20.5 Å². The molecule has 0 atom stereocenters. The molecule has 3 nitrogen and oxygen atoms in total. The van der Waals surface area contributed by atoms with E-state index in [-0.39, 0.29) is 5.75 Å². The molecule has 0 aliphatic carbocycles. The van der Waals surface area contributed by atoms with Crippen molar-refractivity contribution in [2.75, 3.05) is 13.2 Å². The van der Waals surface area contributed by atoms with Gasteiger partial charge in [0.1, 0.15) is 0 Å². The Kier molecular flexibility index (Phi) is 5.58. The highest BCUT2D eigenvalue weighted by Gasteiger charge is 2.10.